The summed E-state index contributed by atoms with van der Waals surface area (Å²) < 4.78 is 39.7. The highest BCUT2D eigenvalue weighted by atomic mass is 32.1. The van der Waals surface area contributed by atoms with E-state index in [0.29, 0.717) is 47.8 Å². The van der Waals surface area contributed by atoms with Crippen LogP contribution in [-0.2, 0) is 23.1 Å². The van der Waals surface area contributed by atoms with E-state index >= 15 is 0 Å². The van der Waals surface area contributed by atoms with E-state index in [1.54, 1.807) is 34.7 Å². The number of carbonyl (C=O) groups is 3. The third kappa shape index (κ3) is 5.17. The van der Waals surface area contributed by atoms with Crippen LogP contribution in [-0.4, -0.2) is 63.8 Å². The Hall–Kier alpha value is -3.77. The highest BCUT2D eigenvalue weighted by molar-refractivity contribution is 7.09. The molecule has 0 spiro atoms. The summed E-state index contributed by atoms with van der Waals surface area (Å²) in [6, 6.07) is 9.95. The van der Waals surface area contributed by atoms with Crippen molar-refractivity contribution in [2.75, 3.05) is 31.1 Å². The van der Waals surface area contributed by atoms with Gasteiger partial charge in [0.25, 0.3) is 11.8 Å². The van der Waals surface area contributed by atoms with Crippen molar-refractivity contribution in [3.63, 3.8) is 0 Å². The molecule has 4 heterocycles. The molecular formula is C30H29F3N4O4S. The van der Waals surface area contributed by atoms with Gasteiger partial charge >= 0.3 is 6.18 Å². The minimum atomic E-state index is -4.51. The summed E-state index contributed by atoms with van der Waals surface area (Å²) in [5.74, 6) is -1.17. The zero-order valence-corrected chi connectivity index (χ0v) is 23.5. The molecule has 0 aliphatic carbocycles. The number of aliphatic hydroxyl groups is 1. The smallest absolute Gasteiger partial charge is 0.385 e. The van der Waals surface area contributed by atoms with Gasteiger partial charge in [-0.15, -0.1) is 11.3 Å². The molecular weight excluding hydrogens is 569 g/mol. The molecule has 12 heteroatoms. The number of piperidine rings is 2. The Labute approximate surface area is 244 Å². The number of fused-ring (bicyclic) bond motifs is 1. The van der Waals surface area contributed by atoms with Gasteiger partial charge in [-0.05, 0) is 55.5 Å². The maximum atomic E-state index is 13.6. The number of benzene rings is 2. The summed E-state index contributed by atoms with van der Waals surface area (Å²) in [6.45, 7) is 1.55. The Morgan fingerprint density at radius 2 is 1.83 bits per heavy atom. The first kappa shape index (κ1) is 28.4. The van der Waals surface area contributed by atoms with Crippen LogP contribution in [0.1, 0.15) is 62.5 Å². The third-order valence-electron chi connectivity index (χ3n) is 8.49. The lowest BCUT2D eigenvalue weighted by Gasteiger charge is -2.41. The molecule has 3 aromatic rings. The molecule has 0 bridgehead atoms. The molecule has 1 aromatic heterocycles. The van der Waals surface area contributed by atoms with E-state index in [1.807, 2.05) is 4.90 Å². The van der Waals surface area contributed by atoms with Crippen LogP contribution < -0.4 is 4.90 Å². The van der Waals surface area contributed by atoms with E-state index in [9.17, 15) is 32.7 Å². The topological polar surface area (TPSA) is 94.1 Å². The van der Waals surface area contributed by atoms with Crippen LogP contribution in [0.4, 0.5) is 18.9 Å². The molecule has 2 saturated heterocycles. The van der Waals surface area contributed by atoms with Crippen molar-refractivity contribution in [2.45, 2.75) is 44.0 Å². The van der Waals surface area contributed by atoms with Gasteiger partial charge in [-0.3, -0.25) is 19.3 Å². The standard InChI is InChI=1S/C30H29F3N4O4S/c31-30(32,33)21-6-1-5-20(16-21)29(41)9-13-35(14-10-29)26(38)19-4-3-12-36(17-19)23-8-2-7-22-25(23)28(40)37(27(22)39)18-24-34-11-15-42-24/h1-2,5-8,11,15-16,19,41H,3-4,9-10,12-14,17-18H2/t19-/m1/s1. The number of amides is 3. The highest BCUT2D eigenvalue weighted by Gasteiger charge is 2.42. The fourth-order valence-electron chi connectivity index (χ4n) is 6.22. The third-order valence-corrected chi connectivity index (χ3v) is 9.26. The van der Waals surface area contributed by atoms with Gasteiger partial charge in [0.2, 0.25) is 5.91 Å². The van der Waals surface area contributed by atoms with Gasteiger partial charge < -0.3 is 14.9 Å². The molecule has 220 valence electrons. The largest absolute Gasteiger partial charge is 0.416 e. The Morgan fingerprint density at radius 3 is 2.55 bits per heavy atom. The van der Waals surface area contributed by atoms with Gasteiger partial charge in [0.15, 0.2) is 0 Å². The van der Waals surface area contributed by atoms with Crippen LogP contribution >= 0.6 is 11.3 Å². The summed E-state index contributed by atoms with van der Waals surface area (Å²) in [7, 11) is 0. The lowest BCUT2D eigenvalue weighted by atomic mass is 9.83. The molecule has 3 aliphatic heterocycles. The second-order valence-corrected chi connectivity index (χ2v) is 12.0. The zero-order chi connectivity index (χ0) is 29.6. The monoisotopic (exact) mass is 598 g/mol. The molecule has 6 rings (SSSR count). The number of halogens is 3. The predicted molar refractivity (Wildman–Crippen MR) is 149 cm³/mol. The normalized spacial score (nSPS) is 20.7. The van der Waals surface area contributed by atoms with Crippen molar-refractivity contribution in [1.29, 1.82) is 0 Å². The van der Waals surface area contributed by atoms with Gasteiger partial charge in [-0.1, -0.05) is 18.2 Å². The fourth-order valence-corrected chi connectivity index (χ4v) is 6.82. The summed E-state index contributed by atoms with van der Waals surface area (Å²) in [5, 5.41) is 13.6. The molecule has 42 heavy (non-hydrogen) atoms. The summed E-state index contributed by atoms with van der Waals surface area (Å²) in [5.41, 5.74) is -0.743. The number of hydrogen-bond acceptors (Lipinski definition) is 7. The van der Waals surface area contributed by atoms with Gasteiger partial charge in [0.05, 0.1) is 40.4 Å². The molecule has 1 N–H and O–H groups in total. The van der Waals surface area contributed by atoms with E-state index in [2.05, 4.69) is 4.98 Å². The van der Waals surface area contributed by atoms with Gasteiger partial charge in [0, 0.05) is 37.8 Å². The zero-order valence-electron chi connectivity index (χ0n) is 22.6. The lowest BCUT2D eigenvalue weighted by molar-refractivity contribution is -0.140. The minimum absolute atomic E-state index is 0.0776. The number of likely N-dealkylation sites (tertiary alicyclic amines) is 1. The maximum Gasteiger partial charge on any atom is 0.416 e. The average molecular weight is 599 g/mol. The van der Waals surface area contributed by atoms with Crippen molar-refractivity contribution in [2.24, 2.45) is 5.92 Å². The van der Waals surface area contributed by atoms with Crippen molar-refractivity contribution in [3.05, 3.63) is 81.3 Å². The number of aromatic nitrogens is 1. The number of alkyl halides is 3. The maximum absolute atomic E-state index is 13.6. The number of rotatable bonds is 5. The Bertz CT molecular complexity index is 1520. The molecule has 0 unspecified atom stereocenters. The van der Waals surface area contributed by atoms with Crippen molar-refractivity contribution < 1.29 is 32.7 Å². The van der Waals surface area contributed by atoms with E-state index in [4.69, 9.17) is 0 Å². The average Bonchev–Trinajstić information content (AvgIpc) is 3.60. The molecule has 2 fully saturated rings. The lowest BCUT2D eigenvalue weighted by Crippen LogP contribution is -2.50. The Morgan fingerprint density at radius 1 is 1.07 bits per heavy atom. The summed E-state index contributed by atoms with van der Waals surface area (Å²) >= 11 is 1.37. The quantitative estimate of drug-likeness (QED) is 0.429. The van der Waals surface area contributed by atoms with Crippen molar-refractivity contribution >= 4 is 34.7 Å². The first-order valence-corrected chi connectivity index (χ1v) is 14.7. The highest BCUT2D eigenvalue weighted by Crippen LogP contribution is 2.38. The second-order valence-electron chi connectivity index (χ2n) is 11.0. The molecule has 0 radical (unpaired) electrons. The minimum Gasteiger partial charge on any atom is -0.385 e. The van der Waals surface area contributed by atoms with E-state index in [-0.39, 0.29) is 61.7 Å². The van der Waals surface area contributed by atoms with E-state index in [0.717, 1.165) is 12.1 Å². The fraction of sp³-hybridized carbons (Fsp3) is 0.400. The van der Waals surface area contributed by atoms with Crippen molar-refractivity contribution in [1.82, 2.24) is 14.8 Å². The van der Waals surface area contributed by atoms with Crippen LogP contribution in [0.3, 0.4) is 0 Å². The van der Waals surface area contributed by atoms with Crippen molar-refractivity contribution in [3.8, 4) is 0 Å². The van der Waals surface area contributed by atoms with Crippen LogP contribution in [0.25, 0.3) is 0 Å². The first-order chi connectivity index (χ1) is 20.0. The molecule has 1 atom stereocenters. The van der Waals surface area contributed by atoms with E-state index in [1.165, 1.54) is 28.4 Å². The van der Waals surface area contributed by atoms with Crippen LogP contribution in [0, 0.1) is 5.92 Å². The number of hydrogen-bond donors (Lipinski definition) is 1. The number of thiazole rings is 1. The van der Waals surface area contributed by atoms with Crippen LogP contribution in [0.5, 0.6) is 0 Å². The number of carbonyl (C=O) groups excluding carboxylic acids is 3. The Balaban J connectivity index is 1.14. The number of imide groups is 1. The van der Waals surface area contributed by atoms with Gasteiger partial charge in [-0.25, -0.2) is 4.98 Å². The van der Waals surface area contributed by atoms with Crippen LogP contribution in [0.2, 0.25) is 0 Å². The molecule has 2 aromatic carbocycles. The predicted octanol–water partition coefficient (Wildman–Crippen LogP) is 4.68. The summed E-state index contributed by atoms with van der Waals surface area (Å²) in [6.07, 6.45) is -1.24. The van der Waals surface area contributed by atoms with Crippen LogP contribution in [0.15, 0.2) is 54.0 Å². The second kappa shape index (κ2) is 10.8. The molecule has 8 nitrogen and oxygen atoms in total. The number of anilines is 1. The Kier molecular flexibility index (Phi) is 7.30. The van der Waals surface area contributed by atoms with Gasteiger partial charge in [-0.2, -0.15) is 13.2 Å². The molecule has 0 saturated carbocycles. The number of nitrogens with zero attached hydrogens (tertiary/aromatic N) is 4. The SMILES string of the molecule is O=C([C@@H]1CCCN(c2cccc3c2C(=O)N(Cc2nccs2)C3=O)C1)N1CCC(O)(c2cccc(C(F)(F)F)c2)CC1. The molecule has 3 amide bonds. The van der Waals surface area contributed by atoms with Gasteiger partial charge in [0.1, 0.15) is 5.01 Å². The summed E-state index contributed by atoms with van der Waals surface area (Å²) in [4.78, 5) is 49.2. The van der Waals surface area contributed by atoms with E-state index < -0.39 is 17.3 Å². The molecule has 3 aliphatic rings. The first-order valence-electron chi connectivity index (χ1n) is 13.9.